The Balaban J connectivity index is 2.27. The van der Waals surface area contributed by atoms with Gasteiger partial charge in [0.2, 0.25) is 5.78 Å². The van der Waals surface area contributed by atoms with Crippen LogP contribution in [0.15, 0.2) is 35.1 Å². The maximum atomic E-state index is 11.3. The lowest BCUT2D eigenvalue weighted by molar-refractivity contribution is 0.102. The predicted octanol–water partition coefficient (Wildman–Crippen LogP) is 2.37. The monoisotopic (exact) mass is 193 g/mol. The first-order valence-corrected chi connectivity index (χ1v) is 4.82. The molecule has 3 nitrogen and oxygen atoms in total. The molecule has 0 amide bonds. The molecule has 1 aromatic rings. The van der Waals surface area contributed by atoms with Gasteiger partial charge in [0.15, 0.2) is 5.76 Å². The molecule has 0 saturated carbocycles. The van der Waals surface area contributed by atoms with Crippen LogP contribution in [0.5, 0.6) is 0 Å². The Hall–Kier alpha value is -1.51. The van der Waals surface area contributed by atoms with Gasteiger partial charge in [-0.1, -0.05) is 13.3 Å². The first-order valence-electron chi connectivity index (χ1n) is 4.82. The molecule has 0 spiro atoms. The summed E-state index contributed by atoms with van der Waals surface area (Å²) in [7, 11) is 0. The van der Waals surface area contributed by atoms with Crippen LogP contribution in [0.4, 0.5) is 0 Å². The minimum Gasteiger partial charge on any atom is -0.461 e. The van der Waals surface area contributed by atoms with Crippen molar-refractivity contribution in [2.45, 2.75) is 19.8 Å². The topological polar surface area (TPSA) is 42.2 Å². The highest BCUT2D eigenvalue weighted by Gasteiger charge is 2.02. The third kappa shape index (κ3) is 3.47. The zero-order valence-electron chi connectivity index (χ0n) is 8.32. The molecule has 0 saturated heterocycles. The van der Waals surface area contributed by atoms with Gasteiger partial charge in [-0.05, 0) is 18.6 Å². The maximum absolute atomic E-state index is 11.3. The van der Waals surface area contributed by atoms with E-state index in [0.717, 1.165) is 19.4 Å². The fourth-order valence-corrected chi connectivity index (χ4v) is 0.998. The molecule has 0 bridgehead atoms. The van der Waals surface area contributed by atoms with Crippen LogP contribution < -0.4 is 5.32 Å². The second-order valence-corrected chi connectivity index (χ2v) is 2.98. The number of furan rings is 1. The summed E-state index contributed by atoms with van der Waals surface area (Å²) in [5.41, 5.74) is 0. The number of unbranched alkanes of at least 4 members (excludes halogenated alkanes) is 1. The SMILES string of the molecule is CCCCN/C=C/C(=O)c1ccco1. The highest BCUT2D eigenvalue weighted by atomic mass is 16.3. The van der Waals surface area contributed by atoms with Crippen LogP contribution in [-0.2, 0) is 0 Å². The second-order valence-electron chi connectivity index (χ2n) is 2.98. The normalized spacial score (nSPS) is 10.6. The standard InChI is InChI=1S/C11H15NO2/c1-2-3-7-12-8-6-10(13)11-5-4-9-14-11/h4-6,8-9,12H,2-3,7H2,1H3/b8-6+. The van der Waals surface area contributed by atoms with Crippen LogP contribution >= 0.6 is 0 Å². The average Bonchev–Trinajstić information content (AvgIpc) is 2.70. The molecule has 14 heavy (non-hydrogen) atoms. The molecule has 1 N–H and O–H groups in total. The Bertz CT molecular complexity index is 288. The average molecular weight is 193 g/mol. The number of ketones is 1. The van der Waals surface area contributed by atoms with E-state index >= 15 is 0 Å². The highest BCUT2D eigenvalue weighted by Crippen LogP contribution is 2.01. The van der Waals surface area contributed by atoms with Crippen LogP contribution in [0.1, 0.15) is 30.3 Å². The molecule has 0 aliphatic rings. The number of allylic oxidation sites excluding steroid dienone is 1. The molecule has 0 aliphatic heterocycles. The minimum atomic E-state index is -0.112. The summed E-state index contributed by atoms with van der Waals surface area (Å²) >= 11 is 0. The Morgan fingerprint density at radius 1 is 1.64 bits per heavy atom. The highest BCUT2D eigenvalue weighted by molar-refractivity contribution is 6.02. The zero-order chi connectivity index (χ0) is 10.2. The van der Waals surface area contributed by atoms with E-state index < -0.39 is 0 Å². The van der Waals surface area contributed by atoms with Crippen molar-refractivity contribution in [3.63, 3.8) is 0 Å². The Morgan fingerprint density at radius 2 is 2.50 bits per heavy atom. The predicted molar refractivity (Wildman–Crippen MR) is 55.1 cm³/mol. The van der Waals surface area contributed by atoms with Crippen LogP contribution in [0, 0.1) is 0 Å². The van der Waals surface area contributed by atoms with Crippen molar-refractivity contribution in [1.82, 2.24) is 5.32 Å². The van der Waals surface area contributed by atoms with E-state index in [2.05, 4.69) is 12.2 Å². The van der Waals surface area contributed by atoms with Gasteiger partial charge in [-0.15, -0.1) is 0 Å². The summed E-state index contributed by atoms with van der Waals surface area (Å²) in [4.78, 5) is 11.3. The van der Waals surface area contributed by atoms with Gasteiger partial charge in [-0.2, -0.15) is 0 Å². The Labute approximate surface area is 83.8 Å². The third-order valence-corrected chi connectivity index (χ3v) is 1.79. The number of nitrogens with one attached hydrogen (secondary N) is 1. The molecular weight excluding hydrogens is 178 g/mol. The summed E-state index contributed by atoms with van der Waals surface area (Å²) in [6, 6.07) is 3.35. The van der Waals surface area contributed by atoms with Crippen LogP contribution in [-0.4, -0.2) is 12.3 Å². The summed E-state index contributed by atoms with van der Waals surface area (Å²) in [5.74, 6) is 0.262. The molecule has 0 fully saturated rings. The molecule has 3 heteroatoms. The maximum Gasteiger partial charge on any atom is 0.222 e. The molecular formula is C11H15NO2. The summed E-state index contributed by atoms with van der Waals surface area (Å²) < 4.78 is 4.94. The van der Waals surface area contributed by atoms with Gasteiger partial charge in [-0.3, -0.25) is 4.79 Å². The minimum absolute atomic E-state index is 0.112. The molecule has 1 rings (SSSR count). The Kier molecular flexibility index (Phi) is 4.55. The largest absolute Gasteiger partial charge is 0.461 e. The van der Waals surface area contributed by atoms with Crippen molar-refractivity contribution in [2.75, 3.05) is 6.54 Å². The number of carbonyl (C=O) groups is 1. The quantitative estimate of drug-likeness (QED) is 0.428. The van der Waals surface area contributed by atoms with Gasteiger partial charge in [0.1, 0.15) is 0 Å². The van der Waals surface area contributed by atoms with Crippen LogP contribution in [0.3, 0.4) is 0 Å². The number of hydrogen-bond acceptors (Lipinski definition) is 3. The zero-order valence-corrected chi connectivity index (χ0v) is 8.32. The van der Waals surface area contributed by atoms with Crippen molar-refractivity contribution in [2.24, 2.45) is 0 Å². The first kappa shape index (κ1) is 10.6. The van der Waals surface area contributed by atoms with Gasteiger partial charge in [-0.25, -0.2) is 0 Å². The lowest BCUT2D eigenvalue weighted by atomic mass is 10.3. The fraction of sp³-hybridized carbons (Fsp3) is 0.364. The molecule has 0 atom stereocenters. The van der Waals surface area contributed by atoms with Crippen molar-refractivity contribution < 1.29 is 9.21 Å². The van der Waals surface area contributed by atoms with Gasteiger partial charge >= 0.3 is 0 Å². The fourth-order valence-electron chi connectivity index (χ4n) is 0.998. The number of rotatable bonds is 6. The summed E-state index contributed by atoms with van der Waals surface area (Å²) in [6.45, 7) is 3.03. The molecule has 0 aliphatic carbocycles. The summed E-state index contributed by atoms with van der Waals surface area (Å²) in [5, 5.41) is 3.04. The van der Waals surface area contributed by atoms with Gasteiger partial charge < -0.3 is 9.73 Å². The van der Waals surface area contributed by atoms with Crippen molar-refractivity contribution in [3.05, 3.63) is 36.4 Å². The summed E-state index contributed by atoms with van der Waals surface area (Å²) in [6.07, 6.45) is 6.90. The smallest absolute Gasteiger partial charge is 0.222 e. The van der Waals surface area contributed by atoms with E-state index in [0.29, 0.717) is 5.76 Å². The van der Waals surface area contributed by atoms with Crippen molar-refractivity contribution in [3.8, 4) is 0 Å². The van der Waals surface area contributed by atoms with Gasteiger partial charge in [0, 0.05) is 18.8 Å². The van der Waals surface area contributed by atoms with Gasteiger partial charge in [0.05, 0.1) is 6.26 Å². The first-order chi connectivity index (χ1) is 6.84. The lowest BCUT2D eigenvalue weighted by Gasteiger charge is -1.96. The van der Waals surface area contributed by atoms with E-state index in [1.165, 1.54) is 12.3 Å². The van der Waals surface area contributed by atoms with E-state index in [-0.39, 0.29) is 5.78 Å². The van der Waals surface area contributed by atoms with E-state index in [9.17, 15) is 4.79 Å². The van der Waals surface area contributed by atoms with Crippen LogP contribution in [0.2, 0.25) is 0 Å². The lowest BCUT2D eigenvalue weighted by Crippen LogP contribution is -2.07. The molecule has 76 valence electrons. The molecule has 1 aromatic heterocycles. The Morgan fingerprint density at radius 3 is 3.14 bits per heavy atom. The molecule has 1 heterocycles. The third-order valence-electron chi connectivity index (χ3n) is 1.79. The van der Waals surface area contributed by atoms with Crippen molar-refractivity contribution in [1.29, 1.82) is 0 Å². The second kappa shape index (κ2) is 6.02. The molecule has 0 unspecified atom stereocenters. The van der Waals surface area contributed by atoms with Gasteiger partial charge in [0.25, 0.3) is 0 Å². The number of carbonyl (C=O) groups excluding carboxylic acids is 1. The van der Waals surface area contributed by atoms with E-state index in [1.54, 1.807) is 18.3 Å². The van der Waals surface area contributed by atoms with Crippen molar-refractivity contribution >= 4 is 5.78 Å². The van der Waals surface area contributed by atoms with Crippen LogP contribution in [0.25, 0.3) is 0 Å². The molecule has 0 aromatic carbocycles. The van der Waals surface area contributed by atoms with E-state index in [4.69, 9.17) is 4.42 Å². The van der Waals surface area contributed by atoms with E-state index in [1.807, 2.05) is 0 Å². The molecule has 0 radical (unpaired) electrons. The number of hydrogen-bond donors (Lipinski definition) is 1.